The number of nitrogens with one attached hydrogen (secondary N) is 1. The lowest BCUT2D eigenvalue weighted by atomic mass is 10.0. The largest absolute Gasteiger partial charge is 0.481 e. The second-order valence-corrected chi connectivity index (χ2v) is 10.5. The number of carboxylic acid groups (broad SMARTS) is 1. The molecule has 0 spiro atoms. The standard InChI is InChI=1S/C33H35FN2O5/c1-21(2)32-29(33(41)35-26-10-6-9-24(17-26)22-7-4-3-5-8-22)20-30(23-11-13-25(34)14-12-23)36(32)16-15-27(37)18-28(38)19-31(39)40/h3-14,17,20-21,27-28,37-38H,15-16,18-19H2,1-2H3,(H,35,41)(H,39,40)/t27-,28?/m1/s1. The summed E-state index contributed by atoms with van der Waals surface area (Å²) in [6.07, 6.45) is -2.43. The third-order valence-electron chi connectivity index (χ3n) is 6.94. The zero-order valence-corrected chi connectivity index (χ0v) is 23.1. The van der Waals surface area contributed by atoms with Gasteiger partial charge in [0.15, 0.2) is 0 Å². The van der Waals surface area contributed by atoms with Crippen LogP contribution in [0.3, 0.4) is 0 Å². The highest BCUT2D eigenvalue weighted by molar-refractivity contribution is 6.06. The number of rotatable bonds is 12. The van der Waals surface area contributed by atoms with E-state index in [4.69, 9.17) is 5.11 Å². The predicted molar refractivity (Wildman–Crippen MR) is 157 cm³/mol. The molecule has 2 atom stereocenters. The number of aliphatic hydroxyl groups excluding tert-OH is 2. The first kappa shape index (κ1) is 29.7. The molecule has 4 N–H and O–H groups in total. The third kappa shape index (κ3) is 7.68. The van der Waals surface area contributed by atoms with Crippen LogP contribution in [0.15, 0.2) is 84.9 Å². The summed E-state index contributed by atoms with van der Waals surface area (Å²) < 4.78 is 15.7. The SMILES string of the molecule is CC(C)c1c(C(=O)Nc2cccc(-c3ccccc3)c2)cc(-c2ccc(F)cc2)n1CC[C@@H](O)CC(O)CC(=O)O. The predicted octanol–water partition coefficient (Wildman–Crippen LogP) is 6.31. The topological polar surface area (TPSA) is 112 Å². The van der Waals surface area contributed by atoms with E-state index in [1.807, 2.05) is 73.0 Å². The summed E-state index contributed by atoms with van der Waals surface area (Å²) in [6.45, 7) is 4.25. The fraction of sp³-hybridized carbons (Fsp3) is 0.273. The van der Waals surface area contributed by atoms with Crippen LogP contribution in [0.25, 0.3) is 22.4 Å². The average molecular weight is 559 g/mol. The maximum Gasteiger partial charge on any atom is 0.305 e. The number of anilines is 1. The van der Waals surface area contributed by atoms with Gasteiger partial charge in [0.25, 0.3) is 5.91 Å². The average Bonchev–Trinajstić information content (AvgIpc) is 3.32. The minimum absolute atomic E-state index is 0.0738. The minimum atomic E-state index is -1.17. The number of hydrogen-bond donors (Lipinski definition) is 4. The van der Waals surface area contributed by atoms with Gasteiger partial charge in [-0.15, -0.1) is 0 Å². The van der Waals surface area contributed by atoms with E-state index < -0.39 is 24.6 Å². The van der Waals surface area contributed by atoms with Crippen molar-refractivity contribution < 1.29 is 29.3 Å². The summed E-state index contributed by atoms with van der Waals surface area (Å²) in [5, 5.41) is 32.4. The molecule has 1 amide bonds. The van der Waals surface area contributed by atoms with Crippen molar-refractivity contribution in [3.8, 4) is 22.4 Å². The van der Waals surface area contributed by atoms with Crippen LogP contribution >= 0.6 is 0 Å². The molecule has 0 bridgehead atoms. The van der Waals surface area contributed by atoms with E-state index in [2.05, 4.69) is 5.32 Å². The van der Waals surface area contributed by atoms with Crippen LogP contribution in [0.2, 0.25) is 0 Å². The summed E-state index contributed by atoms with van der Waals surface area (Å²) >= 11 is 0. The summed E-state index contributed by atoms with van der Waals surface area (Å²) in [5.41, 5.74) is 5.25. The molecule has 3 aromatic carbocycles. The molecule has 0 radical (unpaired) electrons. The van der Waals surface area contributed by atoms with Gasteiger partial charge in [0.1, 0.15) is 5.82 Å². The Balaban J connectivity index is 1.66. The van der Waals surface area contributed by atoms with Crippen molar-refractivity contribution in [1.82, 2.24) is 4.57 Å². The Morgan fingerprint density at radius 3 is 2.20 bits per heavy atom. The second kappa shape index (κ2) is 13.4. The van der Waals surface area contributed by atoms with E-state index in [0.717, 1.165) is 16.8 Å². The van der Waals surface area contributed by atoms with E-state index >= 15 is 0 Å². The van der Waals surface area contributed by atoms with Gasteiger partial charge in [0, 0.05) is 23.6 Å². The van der Waals surface area contributed by atoms with Crippen molar-refractivity contribution in [2.75, 3.05) is 5.32 Å². The first-order valence-electron chi connectivity index (χ1n) is 13.7. The molecular weight excluding hydrogens is 523 g/mol. The van der Waals surface area contributed by atoms with Crippen molar-refractivity contribution >= 4 is 17.6 Å². The number of aliphatic hydroxyl groups is 2. The zero-order valence-electron chi connectivity index (χ0n) is 23.1. The van der Waals surface area contributed by atoms with Crippen molar-refractivity contribution in [1.29, 1.82) is 0 Å². The van der Waals surface area contributed by atoms with E-state index in [-0.39, 0.29) is 30.5 Å². The molecule has 8 heteroatoms. The van der Waals surface area contributed by atoms with Gasteiger partial charge in [-0.3, -0.25) is 9.59 Å². The highest BCUT2D eigenvalue weighted by Gasteiger charge is 2.24. The lowest BCUT2D eigenvalue weighted by Crippen LogP contribution is -2.22. The lowest BCUT2D eigenvalue weighted by molar-refractivity contribution is -0.139. The van der Waals surface area contributed by atoms with Gasteiger partial charge in [0.2, 0.25) is 0 Å². The fourth-order valence-corrected chi connectivity index (χ4v) is 5.07. The molecule has 0 aliphatic rings. The number of benzene rings is 3. The summed E-state index contributed by atoms with van der Waals surface area (Å²) in [7, 11) is 0. The van der Waals surface area contributed by atoms with Crippen LogP contribution in [0, 0.1) is 5.82 Å². The van der Waals surface area contributed by atoms with E-state index in [9.17, 15) is 24.2 Å². The van der Waals surface area contributed by atoms with Crippen LogP contribution in [0.5, 0.6) is 0 Å². The molecule has 4 rings (SSSR count). The molecule has 1 heterocycles. The van der Waals surface area contributed by atoms with Crippen LogP contribution < -0.4 is 5.32 Å². The molecule has 0 aliphatic heterocycles. The Labute approximate surface area is 238 Å². The highest BCUT2D eigenvalue weighted by Crippen LogP contribution is 2.33. The Morgan fingerprint density at radius 1 is 0.854 bits per heavy atom. The summed E-state index contributed by atoms with van der Waals surface area (Å²) in [5.74, 6) is -1.88. The Bertz CT molecular complexity index is 1480. The van der Waals surface area contributed by atoms with Crippen LogP contribution in [0.1, 0.15) is 55.1 Å². The van der Waals surface area contributed by atoms with E-state index in [0.29, 0.717) is 29.1 Å². The Hall–Kier alpha value is -4.27. The molecule has 41 heavy (non-hydrogen) atoms. The van der Waals surface area contributed by atoms with E-state index in [1.54, 1.807) is 18.2 Å². The lowest BCUT2D eigenvalue weighted by Gasteiger charge is -2.20. The summed E-state index contributed by atoms with van der Waals surface area (Å²) in [4.78, 5) is 24.6. The molecule has 0 saturated heterocycles. The second-order valence-electron chi connectivity index (χ2n) is 10.5. The van der Waals surface area contributed by atoms with Gasteiger partial charge in [0.05, 0.1) is 24.2 Å². The van der Waals surface area contributed by atoms with Crippen molar-refractivity contribution in [2.24, 2.45) is 0 Å². The number of hydrogen-bond acceptors (Lipinski definition) is 4. The monoisotopic (exact) mass is 558 g/mol. The van der Waals surface area contributed by atoms with Crippen molar-refractivity contribution in [3.05, 3.63) is 102 Å². The first-order valence-corrected chi connectivity index (χ1v) is 13.7. The first-order chi connectivity index (χ1) is 19.6. The number of halogens is 1. The maximum atomic E-state index is 13.7. The Morgan fingerprint density at radius 2 is 1.54 bits per heavy atom. The smallest absolute Gasteiger partial charge is 0.305 e. The number of nitrogens with zero attached hydrogens (tertiary/aromatic N) is 1. The molecule has 4 aromatic rings. The van der Waals surface area contributed by atoms with Gasteiger partial charge in [-0.25, -0.2) is 4.39 Å². The molecule has 1 aromatic heterocycles. The van der Waals surface area contributed by atoms with Gasteiger partial charge in [-0.2, -0.15) is 0 Å². The molecule has 0 aliphatic carbocycles. The normalized spacial score (nSPS) is 12.7. The maximum absolute atomic E-state index is 13.7. The quantitative estimate of drug-likeness (QED) is 0.163. The molecule has 1 unspecified atom stereocenters. The van der Waals surface area contributed by atoms with Gasteiger partial charge in [-0.1, -0.05) is 56.3 Å². The number of carbonyl (C=O) groups excluding carboxylic acids is 1. The van der Waals surface area contributed by atoms with Crippen molar-refractivity contribution in [2.45, 2.75) is 57.8 Å². The van der Waals surface area contributed by atoms with Crippen LogP contribution in [-0.2, 0) is 11.3 Å². The van der Waals surface area contributed by atoms with Crippen LogP contribution in [0.4, 0.5) is 10.1 Å². The van der Waals surface area contributed by atoms with Gasteiger partial charge in [-0.05, 0) is 77.9 Å². The number of aromatic nitrogens is 1. The number of amides is 1. The molecule has 0 fully saturated rings. The number of carboxylic acids is 1. The minimum Gasteiger partial charge on any atom is -0.481 e. The van der Waals surface area contributed by atoms with Crippen LogP contribution in [-0.4, -0.2) is 44.0 Å². The van der Waals surface area contributed by atoms with Crippen molar-refractivity contribution in [3.63, 3.8) is 0 Å². The number of carbonyl (C=O) groups is 2. The van der Waals surface area contributed by atoms with E-state index in [1.165, 1.54) is 12.1 Å². The summed E-state index contributed by atoms with van der Waals surface area (Å²) in [6, 6.07) is 25.3. The number of aliphatic carboxylic acids is 1. The van der Waals surface area contributed by atoms with Gasteiger partial charge < -0.3 is 25.2 Å². The Kier molecular flexibility index (Phi) is 9.70. The highest BCUT2D eigenvalue weighted by atomic mass is 19.1. The molecular formula is C33H35FN2O5. The zero-order chi connectivity index (χ0) is 29.5. The molecule has 0 saturated carbocycles. The van der Waals surface area contributed by atoms with Gasteiger partial charge >= 0.3 is 5.97 Å². The fourth-order valence-electron chi connectivity index (χ4n) is 5.07. The molecule has 214 valence electrons. The third-order valence-corrected chi connectivity index (χ3v) is 6.94. The molecule has 7 nitrogen and oxygen atoms in total.